The van der Waals surface area contributed by atoms with E-state index in [0.717, 1.165) is 0 Å². The lowest BCUT2D eigenvalue weighted by Crippen LogP contribution is -2.47. The molecule has 3 aliphatic rings. The minimum atomic E-state index is -0.175. The van der Waals surface area contributed by atoms with E-state index in [1.165, 1.54) is 4.90 Å². The van der Waals surface area contributed by atoms with Gasteiger partial charge in [-0.25, -0.2) is 4.90 Å². The lowest BCUT2D eigenvalue weighted by Gasteiger charge is -2.27. The van der Waals surface area contributed by atoms with Gasteiger partial charge in [0.2, 0.25) is 35.4 Å². The zero-order chi connectivity index (χ0) is 13.4. The lowest BCUT2D eigenvalue weighted by atomic mass is 10.4. The van der Waals surface area contributed by atoms with Crippen LogP contribution < -0.4 is 0 Å². The highest BCUT2D eigenvalue weighted by atomic mass is 15.5. The molecular weight excluding hydrogens is 248 g/mol. The fraction of sp³-hybridized carbons (Fsp3) is 0. The van der Waals surface area contributed by atoms with Gasteiger partial charge in [-0.3, -0.25) is 0 Å². The smallest absolute Gasteiger partial charge is 0.213 e. The van der Waals surface area contributed by atoms with Crippen molar-refractivity contribution in [2.75, 3.05) is 0 Å². The Balaban J connectivity index is 2.26. The monoisotopic (exact) mass is 248 g/mol. The molecule has 0 unspecified atom stereocenters. The van der Waals surface area contributed by atoms with E-state index in [2.05, 4.69) is 30.0 Å². The molecule has 10 nitrogen and oxygen atoms in total. The molecule has 0 radical (unpaired) electrons. The standard InChI is InChI=1S/C9N10/c10-1-4-13-7-15-5(2-11)17-9-18-6(3-12)16-8(14-4)19(7)9. The predicted molar refractivity (Wildman–Crippen MR) is 63.3 cm³/mol. The van der Waals surface area contributed by atoms with Crippen LogP contribution in [-0.4, -0.2) is 40.3 Å². The average Bonchev–Trinajstić information content (AvgIpc) is 2.46. The predicted octanol–water partition coefficient (Wildman–Crippen LogP) is -0.837. The average molecular weight is 248 g/mol. The van der Waals surface area contributed by atoms with Crippen LogP contribution in [-0.2, 0) is 0 Å². The van der Waals surface area contributed by atoms with Gasteiger partial charge in [0.1, 0.15) is 18.2 Å². The van der Waals surface area contributed by atoms with Crippen LogP contribution in [0.15, 0.2) is 30.0 Å². The first kappa shape index (κ1) is 10.4. The van der Waals surface area contributed by atoms with Gasteiger partial charge in [0.05, 0.1) is 0 Å². The summed E-state index contributed by atoms with van der Waals surface area (Å²) in [5.41, 5.74) is 0. The van der Waals surface area contributed by atoms with E-state index in [-0.39, 0.29) is 35.4 Å². The molecule has 0 saturated heterocycles. The van der Waals surface area contributed by atoms with Gasteiger partial charge < -0.3 is 0 Å². The Morgan fingerprint density at radius 2 is 0.895 bits per heavy atom. The van der Waals surface area contributed by atoms with Gasteiger partial charge in [-0.1, -0.05) is 0 Å². The number of rotatable bonds is 0. The van der Waals surface area contributed by atoms with E-state index in [0.29, 0.717) is 0 Å². The van der Waals surface area contributed by atoms with E-state index in [9.17, 15) is 0 Å². The van der Waals surface area contributed by atoms with Crippen LogP contribution >= 0.6 is 0 Å². The molecule has 0 aromatic rings. The molecule has 10 heteroatoms. The van der Waals surface area contributed by atoms with Gasteiger partial charge in [0.25, 0.3) is 0 Å². The molecule has 0 saturated carbocycles. The van der Waals surface area contributed by atoms with Gasteiger partial charge in [0, 0.05) is 0 Å². The highest BCUT2D eigenvalue weighted by Crippen LogP contribution is 2.16. The second-order valence-electron chi connectivity index (χ2n) is 3.21. The van der Waals surface area contributed by atoms with Gasteiger partial charge in [-0.2, -0.15) is 45.7 Å². The van der Waals surface area contributed by atoms with Crippen LogP contribution in [0.2, 0.25) is 0 Å². The summed E-state index contributed by atoms with van der Waals surface area (Å²) in [4.78, 5) is 24.2. The summed E-state index contributed by atoms with van der Waals surface area (Å²) in [7, 11) is 0. The molecule has 86 valence electrons. The fourth-order valence-electron chi connectivity index (χ4n) is 1.44. The molecule has 3 rings (SSSR count). The van der Waals surface area contributed by atoms with E-state index in [1.54, 1.807) is 18.2 Å². The third-order valence-electron chi connectivity index (χ3n) is 2.14. The van der Waals surface area contributed by atoms with Crippen LogP contribution in [0.5, 0.6) is 0 Å². The molecule has 0 amide bonds. The Morgan fingerprint density at radius 3 is 1.16 bits per heavy atom. The Hall–Kier alpha value is -3.71. The number of hydrogen-bond acceptors (Lipinski definition) is 10. The van der Waals surface area contributed by atoms with Crippen molar-refractivity contribution in [3.05, 3.63) is 0 Å². The maximum atomic E-state index is 8.82. The largest absolute Gasteiger partial charge is 0.244 e. The van der Waals surface area contributed by atoms with Crippen LogP contribution in [0.4, 0.5) is 0 Å². The molecule has 0 fully saturated rings. The van der Waals surface area contributed by atoms with E-state index in [4.69, 9.17) is 15.8 Å². The van der Waals surface area contributed by atoms with E-state index in [1.807, 2.05) is 0 Å². The summed E-state index contributed by atoms with van der Waals surface area (Å²) in [5.74, 6) is -0.461. The highest BCUT2D eigenvalue weighted by Gasteiger charge is 2.34. The summed E-state index contributed by atoms with van der Waals surface area (Å²) in [6, 6.07) is 5.24. The Labute approximate surface area is 105 Å². The normalized spacial score (nSPS) is 19.1. The third-order valence-corrected chi connectivity index (χ3v) is 2.14. The molecule has 0 aliphatic carbocycles. The number of nitrogens with zero attached hydrogens (tertiary/aromatic N) is 10. The van der Waals surface area contributed by atoms with E-state index >= 15 is 0 Å². The maximum Gasteiger partial charge on any atom is 0.244 e. The molecular formula is C9N10. The van der Waals surface area contributed by atoms with Crippen molar-refractivity contribution in [1.29, 1.82) is 15.8 Å². The highest BCUT2D eigenvalue weighted by molar-refractivity contribution is 6.33. The summed E-state index contributed by atoms with van der Waals surface area (Å²) in [6.45, 7) is 0. The van der Waals surface area contributed by atoms with Crippen molar-refractivity contribution in [2.24, 2.45) is 30.0 Å². The minimum Gasteiger partial charge on any atom is -0.213 e. The number of aliphatic imine (C=N–C) groups is 6. The maximum absolute atomic E-state index is 8.82. The number of guanidine groups is 3. The van der Waals surface area contributed by atoms with Crippen molar-refractivity contribution in [3.8, 4) is 18.2 Å². The van der Waals surface area contributed by atoms with Crippen molar-refractivity contribution < 1.29 is 0 Å². The molecule has 3 heterocycles. The van der Waals surface area contributed by atoms with Crippen LogP contribution in [0, 0.1) is 34.0 Å². The van der Waals surface area contributed by atoms with Gasteiger partial charge in [-0.05, 0) is 0 Å². The molecule has 0 aromatic heterocycles. The summed E-state index contributed by atoms with van der Waals surface area (Å²) in [5, 5.41) is 26.5. The molecule has 0 N–H and O–H groups in total. The number of nitriles is 3. The van der Waals surface area contributed by atoms with Crippen molar-refractivity contribution in [1.82, 2.24) is 4.90 Å². The second kappa shape index (κ2) is 3.65. The Morgan fingerprint density at radius 1 is 0.579 bits per heavy atom. The zero-order valence-corrected chi connectivity index (χ0v) is 8.97. The Kier molecular flexibility index (Phi) is 2.01. The second-order valence-corrected chi connectivity index (χ2v) is 3.21. The first-order valence-corrected chi connectivity index (χ1v) is 4.77. The minimum absolute atomic E-state index is 0.0209. The van der Waals surface area contributed by atoms with Crippen molar-refractivity contribution in [3.63, 3.8) is 0 Å². The summed E-state index contributed by atoms with van der Waals surface area (Å²) < 4.78 is 0. The lowest BCUT2D eigenvalue weighted by molar-refractivity contribution is 0.830. The molecule has 3 aliphatic heterocycles. The van der Waals surface area contributed by atoms with Crippen molar-refractivity contribution >= 4 is 35.4 Å². The SMILES string of the molecule is N#CC1=NC2=NC(C#N)=NC3=NC(C#N)=NC(=N1)N23. The fourth-order valence-corrected chi connectivity index (χ4v) is 1.44. The molecule has 0 bridgehead atoms. The van der Waals surface area contributed by atoms with Gasteiger partial charge in [0.15, 0.2) is 0 Å². The van der Waals surface area contributed by atoms with Crippen LogP contribution in [0.3, 0.4) is 0 Å². The quantitative estimate of drug-likeness (QED) is 0.549. The van der Waals surface area contributed by atoms with Crippen LogP contribution in [0.1, 0.15) is 0 Å². The first-order chi connectivity index (χ1) is 9.25. The Bertz CT molecular complexity index is 688. The van der Waals surface area contributed by atoms with Crippen LogP contribution in [0.25, 0.3) is 0 Å². The molecule has 0 aromatic carbocycles. The van der Waals surface area contributed by atoms with Crippen molar-refractivity contribution in [2.45, 2.75) is 0 Å². The third kappa shape index (κ3) is 1.47. The summed E-state index contributed by atoms with van der Waals surface area (Å²) >= 11 is 0. The van der Waals surface area contributed by atoms with Gasteiger partial charge >= 0.3 is 0 Å². The number of hydrogen-bond donors (Lipinski definition) is 0. The summed E-state index contributed by atoms with van der Waals surface area (Å²) in [6.07, 6.45) is 0. The zero-order valence-electron chi connectivity index (χ0n) is 8.97. The van der Waals surface area contributed by atoms with E-state index < -0.39 is 0 Å². The first-order valence-electron chi connectivity index (χ1n) is 4.77. The topological polar surface area (TPSA) is 149 Å². The molecule has 0 atom stereocenters. The molecule has 19 heavy (non-hydrogen) atoms. The van der Waals surface area contributed by atoms with Gasteiger partial charge in [-0.15, -0.1) is 0 Å². The number of amidine groups is 3. The molecule has 0 spiro atoms.